The van der Waals surface area contributed by atoms with E-state index in [9.17, 15) is 0 Å². The first kappa shape index (κ1) is 10.5. The molecule has 0 spiro atoms. The number of hydrogen-bond acceptors (Lipinski definition) is 6. The second kappa shape index (κ2) is 3.88. The summed E-state index contributed by atoms with van der Waals surface area (Å²) >= 11 is 4.43. The van der Waals surface area contributed by atoms with Crippen molar-refractivity contribution in [2.75, 3.05) is 13.2 Å². The molecule has 0 fully saturated rings. The Bertz CT molecular complexity index is 374. The number of rotatable bonds is 2. The van der Waals surface area contributed by atoms with Crippen LogP contribution in [0.4, 0.5) is 0 Å². The Kier molecular flexibility index (Phi) is 2.72. The monoisotopic (exact) mass is 226 g/mol. The molecule has 2 aliphatic heterocycles. The van der Waals surface area contributed by atoms with Gasteiger partial charge in [0.05, 0.1) is 24.4 Å². The van der Waals surface area contributed by atoms with Gasteiger partial charge in [0, 0.05) is 11.3 Å². The Morgan fingerprint density at radius 2 is 2.27 bits per heavy atom. The van der Waals surface area contributed by atoms with Crippen LogP contribution in [-0.4, -0.2) is 34.0 Å². The number of hydrazine groups is 2. The van der Waals surface area contributed by atoms with Crippen LogP contribution < -0.4 is 5.53 Å². The van der Waals surface area contributed by atoms with Crippen molar-refractivity contribution in [1.29, 1.82) is 0 Å². The summed E-state index contributed by atoms with van der Waals surface area (Å²) in [5.41, 5.74) is 5.08. The molecular weight excluding hydrogens is 212 g/mol. The van der Waals surface area contributed by atoms with Crippen molar-refractivity contribution in [1.82, 2.24) is 15.6 Å². The summed E-state index contributed by atoms with van der Waals surface area (Å²) in [4.78, 5) is 4.42. The second-order valence-electron chi connectivity index (χ2n) is 3.49. The van der Waals surface area contributed by atoms with Gasteiger partial charge in [-0.1, -0.05) is 0 Å². The van der Waals surface area contributed by atoms with Gasteiger partial charge in [0.2, 0.25) is 0 Å². The Morgan fingerprint density at radius 3 is 2.93 bits per heavy atom. The molecule has 5 nitrogen and oxygen atoms in total. The third-order valence-electron chi connectivity index (χ3n) is 2.44. The van der Waals surface area contributed by atoms with Crippen molar-refractivity contribution in [2.24, 2.45) is 4.99 Å². The predicted octanol–water partition coefficient (Wildman–Crippen LogP) is 0.451. The van der Waals surface area contributed by atoms with Gasteiger partial charge in [0.15, 0.2) is 5.82 Å². The molecule has 0 saturated heterocycles. The Balaban J connectivity index is 2.26. The molecule has 2 N–H and O–H groups in total. The van der Waals surface area contributed by atoms with E-state index in [1.807, 2.05) is 20.0 Å². The Hall–Kier alpha value is -0.980. The molecule has 0 aromatic heterocycles. The van der Waals surface area contributed by atoms with Crippen LogP contribution in [0.3, 0.4) is 0 Å². The van der Waals surface area contributed by atoms with E-state index >= 15 is 0 Å². The fourth-order valence-electron chi connectivity index (χ4n) is 1.45. The van der Waals surface area contributed by atoms with Gasteiger partial charge >= 0.3 is 0 Å². The van der Waals surface area contributed by atoms with Gasteiger partial charge in [0.1, 0.15) is 0 Å². The predicted molar refractivity (Wildman–Crippen MR) is 61.6 cm³/mol. The highest BCUT2D eigenvalue weighted by molar-refractivity contribution is 7.84. The number of thiol groups is 1. The third kappa shape index (κ3) is 1.75. The van der Waals surface area contributed by atoms with Gasteiger partial charge in [-0.05, 0) is 13.8 Å². The van der Waals surface area contributed by atoms with E-state index in [4.69, 9.17) is 5.11 Å². The SMILES string of the molecule is CC1=NC2=CN(CCO)NN2C(S)=C1C. The first-order valence-electron chi connectivity index (χ1n) is 4.74. The minimum atomic E-state index is 0.0952. The number of aliphatic hydroxyl groups excluding tert-OH is 1. The zero-order chi connectivity index (χ0) is 11.0. The third-order valence-corrected chi connectivity index (χ3v) is 2.98. The first-order chi connectivity index (χ1) is 7.13. The average Bonchev–Trinajstić information content (AvgIpc) is 2.58. The molecule has 0 radical (unpaired) electrons. The lowest BCUT2D eigenvalue weighted by Crippen LogP contribution is -2.41. The van der Waals surface area contributed by atoms with Crippen molar-refractivity contribution >= 4 is 18.3 Å². The number of β-amino-alcohol motifs (C(OH)–C–C–N with tert-alkyl or cyclic N) is 1. The molecule has 0 aliphatic carbocycles. The molecule has 0 saturated carbocycles. The first-order valence-corrected chi connectivity index (χ1v) is 5.19. The number of nitrogens with zero attached hydrogens (tertiary/aromatic N) is 3. The van der Waals surface area contributed by atoms with Crippen LogP contribution in [0, 0.1) is 0 Å². The van der Waals surface area contributed by atoms with Crippen LogP contribution in [0.5, 0.6) is 0 Å². The van der Waals surface area contributed by atoms with Gasteiger partial charge in [-0.2, -0.15) is 0 Å². The van der Waals surface area contributed by atoms with Crippen LogP contribution in [-0.2, 0) is 0 Å². The number of allylic oxidation sites excluding steroid dienone is 1. The molecule has 0 aromatic carbocycles. The molecule has 82 valence electrons. The van der Waals surface area contributed by atoms with Gasteiger partial charge in [-0.15, -0.1) is 18.2 Å². The molecule has 2 aliphatic rings. The van der Waals surface area contributed by atoms with E-state index < -0.39 is 0 Å². The smallest absolute Gasteiger partial charge is 0.167 e. The van der Waals surface area contributed by atoms with Crippen LogP contribution in [0.1, 0.15) is 13.8 Å². The van der Waals surface area contributed by atoms with E-state index in [-0.39, 0.29) is 6.61 Å². The van der Waals surface area contributed by atoms with Gasteiger partial charge in [-0.3, -0.25) is 5.01 Å². The number of aliphatic imine (C=N–C) groups is 1. The van der Waals surface area contributed by atoms with Crippen molar-refractivity contribution in [3.8, 4) is 0 Å². The molecule has 15 heavy (non-hydrogen) atoms. The van der Waals surface area contributed by atoms with Crippen LogP contribution in [0.2, 0.25) is 0 Å². The number of hydrogen-bond donors (Lipinski definition) is 3. The summed E-state index contributed by atoms with van der Waals surface area (Å²) in [5, 5.41) is 13.2. The summed E-state index contributed by atoms with van der Waals surface area (Å²) in [6, 6.07) is 0. The van der Waals surface area contributed by atoms with Gasteiger partial charge < -0.3 is 5.11 Å². The summed E-state index contributed by atoms with van der Waals surface area (Å²) in [6.07, 6.45) is 1.85. The van der Waals surface area contributed by atoms with Crippen molar-refractivity contribution in [2.45, 2.75) is 13.8 Å². The highest BCUT2D eigenvalue weighted by atomic mass is 32.1. The molecule has 2 rings (SSSR count). The normalized spacial score (nSPS) is 20.5. The molecule has 0 amide bonds. The molecule has 0 aromatic rings. The molecule has 0 atom stereocenters. The quantitative estimate of drug-likeness (QED) is 0.598. The van der Waals surface area contributed by atoms with E-state index in [0.717, 1.165) is 22.1 Å². The number of nitrogens with one attached hydrogen (secondary N) is 1. The van der Waals surface area contributed by atoms with E-state index in [2.05, 4.69) is 23.2 Å². The summed E-state index contributed by atoms with van der Waals surface area (Å²) in [7, 11) is 0. The van der Waals surface area contributed by atoms with Crippen molar-refractivity contribution in [3.05, 3.63) is 22.6 Å². The maximum atomic E-state index is 8.83. The maximum absolute atomic E-state index is 8.83. The van der Waals surface area contributed by atoms with Crippen molar-refractivity contribution < 1.29 is 5.11 Å². The van der Waals surface area contributed by atoms with E-state index in [0.29, 0.717) is 6.54 Å². The lowest BCUT2D eigenvalue weighted by molar-refractivity contribution is 0.137. The highest BCUT2D eigenvalue weighted by Gasteiger charge is 2.26. The Labute approximate surface area is 94.1 Å². The lowest BCUT2D eigenvalue weighted by atomic mass is 10.2. The number of fused-ring (bicyclic) bond motifs is 1. The van der Waals surface area contributed by atoms with E-state index in [1.54, 1.807) is 10.0 Å². The minimum absolute atomic E-state index is 0.0952. The average molecular weight is 226 g/mol. The molecule has 2 heterocycles. The van der Waals surface area contributed by atoms with Gasteiger partial charge in [-0.25, -0.2) is 10.0 Å². The second-order valence-corrected chi connectivity index (χ2v) is 3.91. The summed E-state index contributed by atoms with van der Waals surface area (Å²) in [6.45, 7) is 4.55. The topological polar surface area (TPSA) is 51.1 Å². The largest absolute Gasteiger partial charge is 0.394 e. The fourth-order valence-corrected chi connectivity index (χ4v) is 1.76. The summed E-state index contributed by atoms with van der Waals surface area (Å²) in [5.74, 6) is 0.802. The Morgan fingerprint density at radius 1 is 1.53 bits per heavy atom. The standard InChI is InChI=1S/C9H14N4OS/c1-6-7(2)10-8-5-12(3-4-14)11-13(8)9(6)15/h5,11,14-15H,3-4H2,1-2H3. The maximum Gasteiger partial charge on any atom is 0.167 e. The van der Waals surface area contributed by atoms with Crippen LogP contribution >= 0.6 is 12.6 Å². The molecule has 6 heteroatoms. The molecule has 0 unspecified atom stereocenters. The minimum Gasteiger partial charge on any atom is -0.394 e. The zero-order valence-corrected chi connectivity index (χ0v) is 9.62. The zero-order valence-electron chi connectivity index (χ0n) is 8.73. The van der Waals surface area contributed by atoms with E-state index in [1.165, 1.54) is 0 Å². The van der Waals surface area contributed by atoms with Crippen LogP contribution in [0.25, 0.3) is 0 Å². The summed E-state index contributed by atoms with van der Waals surface area (Å²) < 4.78 is 0. The number of aliphatic hydroxyl groups is 1. The highest BCUT2D eigenvalue weighted by Crippen LogP contribution is 2.28. The molecule has 0 bridgehead atoms. The van der Waals surface area contributed by atoms with Crippen molar-refractivity contribution in [3.63, 3.8) is 0 Å². The van der Waals surface area contributed by atoms with Crippen LogP contribution in [0.15, 0.2) is 27.6 Å². The molecular formula is C9H14N4OS. The fraction of sp³-hybridized carbons (Fsp3) is 0.444. The van der Waals surface area contributed by atoms with Gasteiger partial charge in [0.25, 0.3) is 0 Å². The lowest BCUT2D eigenvalue weighted by Gasteiger charge is -2.27.